The Balaban J connectivity index is 2.00. The Bertz CT molecular complexity index is 439. The zero-order chi connectivity index (χ0) is 13.7. The van der Waals surface area contributed by atoms with Gasteiger partial charge in [0.2, 0.25) is 0 Å². The van der Waals surface area contributed by atoms with Crippen molar-refractivity contribution in [1.82, 2.24) is 10.3 Å². The molecule has 1 saturated heterocycles. The maximum Gasteiger partial charge on any atom is 0.265 e. The second-order valence-corrected chi connectivity index (χ2v) is 4.58. The summed E-state index contributed by atoms with van der Waals surface area (Å²) in [7, 11) is 0. The van der Waals surface area contributed by atoms with E-state index in [9.17, 15) is 4.79 Å². The molecular weight excluding hydrogens is 246 g/mol. The fraction of sp³-hybridized carbons (Fsp3) is 0.462. The number of carbonyl (C=O) groups is 1. The van der Waals surface area contributed by atoms with E-state index in [4.69, 9.17) is 15.7 Å². The summed E-state index contributed by atoms with van der Waals surface area (Å²) in [6.07, 6.45) is -0.121. The number of nitrogens with two attached hydrogens (primary N) is 1. The Labute approximate surface area is 112 Å². The first-order valence-electron chi connectivity index (χ1n) is 6.27. The number of carbonyl (C=O) groups excluding carboxylic acids is 1. The summed E-state index contributed by atoms with van der Waals surface area (Å²) in [4.78, 5) is 13.7. The first kappa shape index (κ1) is 14.0. The molecule has 0 spiro atoms. The molecule has 2 rings (SSSR count). The molecule has 0 radical (unpaired) electrons. The number of ether oxygens (including phenoxy) is 1. The van der Waals surface area contributed by atoms with Gasteiger partial charge in [0.1, 0.15) is 0 Å². The zero-order valence-corrected chi connectivity index (χ0v) is 10.7. The van der Waals surface area contributed by atoms with Crippen molar-refractivity contribution >= 4 is 5.91 Å². The molecule has 0 saturated carbocycles. The summed E-state index contributed by atoms with van der Waals surface area (Å²) in [6.45, 7) is 2.90. The molecule has 1 aromatic carbocycles. The normalized spacial score (nSPS) is 20.2. The van der Waals surface area contributed by atoms with Crippen LogP contribution in [0.15, 0.2) is 24.3 Å². The summed E-state index contributed by atoms with van der Waals surface area (Å²) < 4.78 is 5.40. The fourth-order valence-electron chi connectivity index (χ4n) is 2.19. The number of hydrazine groups is 1. The number of aliphatic hydroxyl groups excluding tert-OH is 1. The molecule has 0 aliphatic carbocycles. The molecule has 1 unspecified atom stereocenters. The van der Waals surface area contributed by atoms with Crippen LogP contribution in [0, 0.1) is 0 Å². The Hall–Kier alpha value is -1.47. The highest BCUT2D eigenvalue weighted by atomic mass is 16.5. The molecule has 104 valence electrons. The van der Waals surface area contributed by atoms with Crippen LogP contribution < -0.4 is 11.3 Å². The quantitative estimate of drug-likeness (QED) is 0.387. The molecule has 1 atom stereocenters. The van der Waals surface area contributed by atoms with Gasteiger partial charge in [-0.25, -0.2) is 5.84 Å². The van der Waals surface area contributed by atoms with Gasteiger partial charge in [-0.05, 0) is 17.7 Å². The Morgan fingerprint density at radius 1 is 1.58 bits per heavy atom. The standard InChI is InChI=1S/C13H19N3O3/c14-15-13(18)11-3-1-2-10(6-11)7-16-4-5-19-12(8-16)9-17/h1-3,6,12,17H,4-5,7-9,14H2,(H,15,18). The number of rotatable bonds is 4. The number of morpholine rings is 1. The maximum absolute atomic E-state index is 11.5. The van der Waals surface area contributed by atoms with Crippen LogP contribution in [0.1, 0.15) is 15.9 Å². The van der Waals surface area contributed by atoms with E-state index in [2.05, 4.69) is 10.3 Å². The molecule has 1 fully saturated rings. The number of amides is 1. The van der Waals surface area contributed by atoms with E-state index in [0.717, 1.165) is 18.7 Å². The van der Waals surface area contributed by atoms with Gasteiger partial charge < -0.3 is 9.84 Å². The van der Waals surface area contributed by atoms with Gasteiger partial charge in [0.05, 0.1) is 19.3 Å². The van der Waals surface area contributed by atoms with E-state index in [-0.39, 0.29) is 18.6 Å². The van der Waals surface area contributed by atoms with Crippen molar-refractivity contribution in [2.75, 3.05) is 26.3 Å². The van der Waals surface area contributed by atoms with E-state index in [1.54, 1.807) is 6.07 Å². The fourth-order valence-corrected chi connectivity index (χ4v) is 2.19. The van der Waals surface area contributed by atoms with Crippen molar-refractivity contribution in [3.63, 3.8) is 0 Å². The van der Waals surface area contributed by atoms with Gasteiger partial charge in [0.15, 0.2) is 0 Å². The van der Waals surface area contributed by atoms with Crippen LogP contribution in [0.2, 0.25) is 0 Å². The Kier molecular flexibility index (Phi) is 4.86. The number of nitrogen functional groups attached to an aromatic ring is 1. The van der Waals surface area contributed by atoms with Crippen LogP contribution >= 0.6 is 0 Å². The van der Waals surface area contributed by atoms with Gasteiger partial charge in [-0.3, -0.25) is 15.1 Å². The average Bonchev–Trinajstić information content (AvgIpc) is 2.47. The summed E-state index contributed by atoms with van der Waals surface area (Å²) in [6, 6.07) is 7.35. The van der Waals surface area contributed by atoms with Gasteiger partial charge in [-0.15, -0.1) is 0 Å². The van der Waals surface area contributed by atoms with Crippen molar-refractivity contribution < 1.29 is 14.6 Å². The lowest BCUT2D eigenvalue weighted by Crippen LogP contribution is -2.43. The van der Waals surface area contributed by atoms with Gasteiger partial charge in [-0.1, -0.05) is 12.1 Å². The van der Waals surface area contributed by atoms with Crippen LogP contribution in [0.3, 0.4) is 0 Å². The predicted octanol–water partition coefficient (Wildman–Crippen LogP) is -0.517. The number of benzene rings is 1. The molecule has 19 heavy (non-hydrogen) atoms. The maximum atomic E-state index is 11.5. The van der Waals surface area contributed by atoms with Crippen molar-refractivity contribution in [3.05, 3.63) is 35.4 Å². The lowest BCUT2D eigenvalue weighted by molar-refractivity contribution is -0.0551. The van der Waals surface area contributed by atoms with Crippen LogP contribution in [0.5, 0.6) is 0 Å². The highest BCUT2D eigenvalue weighted by molar-refractivity contribution is 5.93. The van der Waals surface area contributed by atoms with E-state index < -0.39 is 0 Å². The van der Waals surface area contributed by atoms with Gasteiger partial charge >= 0.3 is 0 Å². The molecule has 1 heterocycles. The van der Waals surface area contributed by atoms with Crippen LogP contribution in [0.4, 0.5) is 0 Å². The largest absolute Gasteiger partial charge is 0.394 e. The molecule has 1 aliphatic rings. The Morgan fingerprint density at radius 2 is 2.42 bits per heavy atom. The summed E-state index contributed by atoms with van der Waals surface area (Å²) >= 11 is 0. The van der Waals surface area contributed by atoms with E-state index >= 15 is 0 Å². The van der Waals surface area contributed by atoms with Crippen molar-refractivity contribution in [2.24, 2.45) is 5.84 Å². The molecule has 6 heteroatoms. The lowest BCUT2D eigenvalue weighted by atomic mass is 10.1. The molecule has 1 aromatic rings. The highest BCUT2D eigenvalue weighted by Crippen LogP contribution is 2.12. The number of nitrogens with zero attached hydrogens (tertiary/aromatic N) is 1. The number of hydrogen-bond acceptors (Lipinski definition) is 5. The monoisotopic (exact) mass is 265 g/mol. The summed E-state index contributed by atoms with van der Waals surface area (Å²) in [5.74, 6) is 4.83. The average molecular weight is 265 g/mol. The van der Waals surface area contributed by atoms with Gasteiger partial charge in [0.25, 0.3) is 5.91 Å². The lowest BCUT2D eigenvalue weighted by Gasteiger charge is -2.32. The van der Waals surface area contributed by atoms with Crippen molar-refractivity contribution in [3.8, 4) is 0 Å². The molecule has 0 aromatic heterocycles. The van der Waals surface area contributed by atoms with E-state index in [1.807, 2.05) is 18.2 Å². The second kappa shape index (κ2) is 6.63. The van der Waals surface area contributed by atoms with Gasteiger partial charge in [-0.2, -0.15) is 0 Å². The van der Waals surface area contributed by atoms with Crippen LogP contribution in [0.25, 0.3) is 0 Å². The minimum atomic E-state index is -0.294. The smallest absolute Gasteiger partial charge is 0.265 e. The topological polar surface area (TPSA) is 87.8 Å². The molecule has 0 bridgehead atoms. The molecule has 1 amide bonds. The third-order valence-corrected chi connectivity index (χ3v) is 3.15. The molecule has 1 aliphatic heterocycles. The predicted molar refractivity (Wildman–Crippen MR) is 70.2 cm³/mol. The summed E-state index contributed by atoms with van der Waals surface area (Å²) in [5.41, 5.74) is 3.71. The first-order valence-corrected chi connectivity index (χ1v) is 6.27. The minimum Gasteiger partial charge on any atom is -0.394 e. The van der Waals surface area contributed by atoms with Crippen LogP contribution in [-0.2, 0) is 11.3 Å². The molecule has 6 nitrogen and oxygen atoms in total. The number of nitrogens with one attached hydrogen (secondary N) is 1. The highest BCUT2D eigenvalue weighted by Gasteiger charge is 2.19. The minimum absolute atomic E-state index is 0.0338. The number of aliphatic hydroxyl groups is 1. The number of hydrogen-bond donors (Lipinski definition) is 3. The molecular formula is C13H19N3O3. The SMILES string of the molecule is NNC(=O)c1cccc(CN2CCOC(CO)C2)c1. The van der Waals surface area contributed by atoms with E-state index in [1.165, 1.54) is 0 Å². The second-order valence-electron chi connectivity index (χ2n) is 4.58. The molecule has 4 N–H and O–H groups in total. The van der Waals surface area contributed by atoms with Crippen LogP contribution in [-0.4, -0.2) is 48.3 Å². The third-order valence-electron chi connectivity index (χ3n) is 3.15. The third kappa shape index (κ3) is 3.74. The first-order chi connectivity index (χ1) is 9.22. The van der Waals surface area contributed by atoms with Gasteiger partial charge in [0, 0.05) is 25.2 Å². The Morgan fingerprint density at radius 3 is 3.16 bits per heavy atom. The van der Waals surface area contributed by atoms with Crippen molar-refractivity contribution in [2.45, 2.75) is 12.6 Å². The summed E-state index contributed by atoms with van der Waals surface area (Å²) in [5, 5.41) is 9.11. The zero-order valence-electron chi connectivity index (χ0n) is 10.7. The van der Waals surface area contributed by atoms with E-state index in [0.29, 0.717) is 18.7 Å². The van der Waals surface area contributed by atoms with Crippen molar-refractivity contribution in [1.29, 1.82) is 0 Å².